The SMILES string of the molecule is O=C(Nc1sc2c(c1-c1nc(C3CC3)no1)CCC(F)C2)C1=CCCC1.O=C(O)O. The van der Waals surface area contributed by atoms with Crippen LogP contribution in [0.15, 0.2) is 16.2 Å². The smallest absolute Gasteiger partial charge is 0.450 e. The second-order valence-corrected chi connectivity index (χ2v) is 8.74. The highest BCUT2D eigenvalue weighted by Crippen LogP contribution is 2.46. The first-order chi connectivity index (χ1) is 14.4. The summed E-state index contributed by atoms with van der Waals surface area (Å²) in [6.07, 6.45) is 5.87. The van der Waals surface area contributed by atoms with Crippen molar-refractivity contribution >= 4 is 28.4 Å². The van der Waals surface area contributed by atoms with E-state index in [1.165, 1.54) is 11.3 Å². The van der Waals surface area contributed by atoms with Crippen molar-refractivity contribution in [2.24, 2.45) is 0 Å². The number of thiophene rings is 1. The number of carboxylic acid groups (broad SMARTS) is 2. The summed E-state index contributed by atoms with van der Waals surface area (Å²) in [6.45, 7) is 0. The van der Waals surface area contributed by atoms with Crippen molar-refractivity contribution < 1.29 is 28.7 Å². The second kappa shape index (κ2) is 8.55. The lowest BCUT2D eigenvalue weighted by molar-refractivity contribution is -0.112. The Morgan fingerprint density at radius 2 is 2.00 bits per heavy atom. The number of hydrogen-bond donors (Lipinski definition) is 3. The zero-order valence-electron chi connectivity index (χ0n) is 16.2. The summed E-state index contributed by atoms with van der Waals surface area (Å²) in [7, 11) is 0. The molecule has 0 bridgehead atoms. The topological polar surface area (TPSA) is 126 Å². The molecule has 1 atom stereocenters. The van der Waals surface area contributed by atoms with E-state index >= 15 is 0 Å². The molecule has 2 aromatic heterocycles. The molecular formula is C20H22FN3O5S. The van der Waals surface area contributed by atoms with Gasteiger partial charge in [0.1, 0.15) is 11.2 Å². The number of halogens is 1. The molecule has 0 radical (unpaired) electrons. The first kappa shape index (κ1) is 20.5. The molecule has 1 fully saturated rings. The van der Waals surface area contributed by atoms with Gasteiger partial charge in [-0.1, -0.05) is 11.2 Å². The third kappa shape index (κ3) is 4.53. The Morgan fingerprint density at radius 3 is 2.67 bits per heavy atom. The van der Waals surface area contributed by atoms with E-state index in [-0.39, 0.29) is 5.91 Å². The predicted octanol–water partition coefficient (Wildman–Crippen LogP) is 4.77. The Balaban J connectivity index is 0.000000503. The summed E-state index contributed by atoms with van der Waals surface area (Å²) in [5.41, 5.74) is 2.70. The van der Waals surface area contributed by atoms with Gasteiger partial charge in [0.15, 0.2) is 5.82 Å². The zero-order valence-corrected chi connectivity index (χ0v) is 17.0. The average Bonchev–Trinajstić information content (AvgIpc) is 3.09. The van der Waals surface area contributed by atoms with Gasteiger partial charge in [0, 0.05) is 22.8 Å². The highest BCUT2D eigenvalue weighted by molar-refractivity contribution is 7.17. The number of fused-ring (bicyclic) bond motifs is 1. The fraction of sp³-hybridized carbons (Fsp3) is 0.500. The second-order valence-electron chi connectivity index (χ2n) is 7.64. The van der Waals surface area contributed by atoms with Crippen LogP contribution in [0.25, 0.3) is 11.5 Å². The maximum atomic E-state index is 13.9. The molecule has 2 aromatic rings. The fourth-order valence-electron chi connectivity index (χ4n) is 3.76. The van der Waals surface area contributed by atoms with Crippen molar-refractivity contribution in [1.82, 2.24) is 10.1 Å². The van der Waals surface area contributed by atoms with E-state index in [0.717, 1.165) is 59.5 Å². The van der Waals surface area contributed by atoms with Crippen LogP contribution in [0, 0.1) is 0 Å². The molecule has 30 heavy (non-hydrogen) atoms. The fourth-order valence-corrected chi connectivity index (χ4v) is 5.06. The summed E-state index contributed by atoms with van der Waals surface area (Å²) in [5, 5.41) is 21.8. The number of alkyl halides is 1. The predicted molar refractivity (Wildman–Crippen MR) is 108 cm³/mol. The van der Waals surface area contributed by atoms with Gasteiger partial charge in [-0.3, -0.25) is 4.79 Å². The quantitative estimate of drug-likeness (QED) is 0.631. The largest absolute Gasteiger partial charge is 0.503 e. The normalized spacial score (nSPS) is 20.0. The molecule has 3 aliphatic carbocycles. The van der Waals surface area contributed by atoms with Crippen LogP contribution in [0.4, 0.5) is 14.2 Å². The van der Waals surface area contributed by atoms with Gasteiger partial charge in [-0.15, -0.1) is 11.3 Å². The van der Waals surface area contributed by atoms with Crippen LogP contribution in [0.3, 0.4) is 0 Å². The van der Waals surface area contributed by atoms with Crippen molar-refractivity contribution in [3.63, 3.8) is 0 Å². The summed E-state index contributed by atoms with van der Waals surface area (Å²) in [5.74, 6) is 1.53. The van der Waals surface area contributed by atoms with Crippen molar-refractivity contribution in [3.8, 4) is 11.5 Å². The number of anilines is 1. The lowest BCUT2D eigenvalue weighted by Crippen LogP contribution is -2.14. The first-order valence-electron chi connectivity index (χ1n) is 9.97. The minimum absolute atomic E-state index is 0.0684. The van der Waals surface area contributed by atoms with Crippen LogP contribution in [-0.2, 0) is 17.6 Å². The highest BCUT2D eigenvalue weighted by Gasteiger charge is 2.33. The standard InChI is InChI=1S/C19H20FN3O2S.CH2O3/c20-12-7-8-13-14(9-12)26-19(22-17(24)11-3-1-2-4-11)15(13)18-21-16(23-25-18)10-5-6-10;2-1(3)4/h3,10,12H,1-2,4-9H2,(H,22,24);(H2,2,3,4). The van der Waals surface area contributed by atoms with Gasteiger partial charge in [0.25, 0.3) is 11.8 Å². The molecule has 5 rings (SSSR count). The maximum absolute atomic E-state index is 13.9. The molecule has 8 nitrogen and oxygen atoms in total. The number of carbonyl (C=O) groups excluding carboxylic acids is 1. The number of carbonyl (C=O) groups is 2. The molecule has 1 amide bonds. The molecule has 0 saturated heterocycles. The van der Waals surface area contributed by atoms with Crippen LogP contribution in [0.2, 0.25) is 0 Å². The van der Waals surface area contributed by atoms with E-state index < -0.39 is 12.3 Å². The Morgan fingerprint density at radius 1 is 1.23 bits per heavy atom. The Bertz CT molecular complexity index is 991. The van der Waals surface area contributed by atoms with E-state index in [4.69, 9.17) is 19.5 Å². The van der Waals surface area contributed by atoms with Crippen LogP contribution < -0.4 is 5.32 Å². The van der Waals surface area contributed by atoms with Crippen molar-refractivity contribution in [2.75, 3.05) is 5.32 Å². The molecule has 0 aromatic carbocycles. The lowest BCUT2D eigenvalue weighted by atomic mass is 9.94. The molecule has 0 spiro atoms. The van der Waals surface area contributed by atoms with Gasteiger partial charge in [0.2, 0.25) is 0 Å². The van der Waals surface area contributed by atoms with Crippen molar-refractivity contribution in [3.05, 3.63) is 27.9 Å². The Hall–Kier alpha value is -2.75. The van der Waals surface area contributed by atoms with E-state index in [1.54, 1.807) is 0 Å². The monoisotopic (exact) mass is 435 g/mol. The third-order valence-corrected chi connectivity index (χ3v) is 6.53. The zero-order chi connectivity index (χ0) is 21.3. The van der Waals surface area contributed by atoms with Gasteiger partial charge >= 0.3 is 6.16 Å². The summed E-state index contributed by atoms with van der Waals surface area (Å²) in [6, 6.07) is 0. The molecule has 0 aliphatic heterocycles. The number of rotatable bonds is 4. The van der Waals surface area contributed by atoms with Crippen LogP contribution in [0.5, 0.6) is 0 Å². The Kier molecular flexibility index (Phi) is 5.85. The summed E-state index contributed by atoms with van der Waals surface area (Å²) >= 11 is 1.45. The van der Waals surface area contributed by atoms with Crippen LogP contribution in [-0.4, -0.2) is 38.6 Å². The molecular weight excluding hydrogens is 413 g/mol. The Labute approximate surface area is 175 Å². The molecule has 1 saturated carbocycles. The van der Waals surface area contributed by atoms with E-state index in [1.807, 2.05) is 6.08 Å². The molecule has 2 heterocycles. The number of hydrogen-bond acceptors (Lipinski definition) is 6. The number of amides is 1. The molecule has 160 valence electrons. The molecule has 3 aliphatic rings. The number of aromatic nitrogens is 2. The molecule has 3 N–H and O–H groups in total. The first-order valence-corrected chi connectivity index (χ1v) is 10.8. The maximum Gasteiger partial charge on any atom is 0.503 e. The number of nitrogens with zero attached hydrogens (tertiary/aromatic N) is 2. The minimum atomic E-state index is -1.83. The van der Waals surface area contributed by atoms with Gasteiger partial charge in [-0.05, 0) is 50.5 Å². The van der Waals surface area contributed by atoms with E-state index in [9.17, 15) is 9.18 Å². The van der Waals surface area contributed by atoms with Gasteiger partial charge < -0.3 is 20.1 Å². The molecule has 10 heteroatoms. The minimum Gasteiger partial charge on any atom is -0.450 e. The van der Waals surface area contributed by atoms with Gasteiger partial charge in [-0.25, -0.2) is 9.18 Å². The number of allylic oxidation sites excluding steroid dienone is 1. The van der Waals surface area contributed by atoms with Crippen molar-refractivity contribution in [1.29, 1.82) is 0 Å². The van der Waals surface area contributed by atoms with Crippen LogP contribution in [0.1, 0.15) is 60.7 Å². The lowest BCUT2D eigenvalue weighted by Gasteiger charge is -2.15. The van der Waals surface area contributed by atoms with E-state index in [0.29, 0.717) is 36.1 Å². The highest BCUT2D eigenvalue weighted by atomic mass is 32.1. The third-order valence-electron chi connectivity index (χ3n) is 5.36. The van der Waals surface area contributed by atoms with Gasteiger partial charge in [0.05, 0.1) is 5.56 Å². The number of nitrogens with one attached hydrogen (secondary N) is 1. The average molecular weight is 435 g/mol. The van der Waals surface area contributed by atoms with Gasteiger partial charge in [-0.2, -0.15) is 4.98 Å². The van der Waals surface area contributed by atoms with E-state index in [2.05, 4.69) is 15.5 Å². The summed E-state index contributed by atoms with van der Waals surface area (Å²) < 4.78 is 19.4. The van der Waals surface area contributed by atoms with Crippen LogP contribution >= 0.6 is 11.3 Å². The summed E-state index contributed by atoms with van der Waals surface area (Å²) in [4.78, 5) is 26.7. The van der Waals surface area contributed by atoms with Crippen molar-refractivity contribution in [2.45, 2.75) is 63.5 Å². The molecule has 1 unspecified atom stereocenters.